The van der Waals surface area contributed by atoms with E-state index in [0.29, 0.717) is 22.2 Å². The molecule has 0 saturated carbocycles. The maximum atomic E-state index is 13.5. The Morgan fingerprint density at radius 2 is 1.67 bits per heavy atom. The standard InChI is InChI=1S/C30H19Cl4N5O4/c1-43-20-9-5-8-16(28(20)41)19(13-35)38-39-30(42)22-21(23(31)25(33)26(34)24(22)32)29-36-17-11-10-15(12-18(17)37-29)27(40)14-6-3-2-4-7-14/h2-12,19,38,41H,1H3,(H,36,37)(H,39,42). The summed E-state index contributed by atoms with van der Waals surface area (Å²) in [5, 5.41) is 19.6. The molecule has 43 heavy (non-hydrogen) atoms. The number of amides is 1. The first kappa shape index (κ1) is 30.2. The predicted molar refractivity (Wildman–Crippen MR) is 165 cm³/mol. The van der Waals surface area contributed by atoms with Gasteiger partial charge in [-0.05, 0) is 24.3 Å². The quantitative estimate of drug-likeness (QED) is 0.0596. The Hall–Kier alpha value is -4.30. The summed E-state index contributed by atoms with van der Waals surface area (Å²) in [5.74, 6) is -1.02. The van der Waals surface area contributed by atoms with E-state index in [2.05, 4.69) is 20.8 Å². The van der Waals surface area contributed by atoms with Crippen molar-refractivity contribution in [3.63, 3.8) is 0 Å². The molecule has 0 spiro atoms. The van der Waals surface area contributed by atoms with Gasteiger partial charge in [0.1, 0.15) is 11.9 Å². The summed E-state index contributed by atoms with van der Waals surface area (Å²) in [5.41, 5.74) is 6.87. The van der Waals surface area contributed by atoms with Crippen LogP contribution in [-0.4, -0.2) is 33.9 Å². The first-order chi connectivity index (χ1) is 20.7. The fraction of sp³-hybridized carbons (Fsp3) is 0.0667. The molecule has 5 aromatic rings. The number of hydrazine groups is 1. The highest BCUT2D eigenvalue weighted by Crippen LogP contribution is 2.45. The largest absolute Gasteiger partial charge is 0.504 e. The van der Waals surface area contributed by atoms with Gasteiger partial charge in [-0.15, -0.1) is 0 Å². The lowest BCUT2D eigenvalue weighted by Crippen LogP contribution is -2.40. The Bertz CT molecular complexity index is 1940. The van der Waals surface area contributed by atoms with Gasteiger partial charge in [0, 0.05) is 16.7 Å². The number of benzene rings is 4. The number of nitriles is 1. The van der Waals surface area contributed by atoms with E-state index in [-0.39, 0.29) is 59.9 Å². The minimum Gasteiger partial charge on any atom is -0.504 e. The number of ether oxygens (including phenoxy) is 1. The van der Waals surface area contributed by atoms with Crippen LogP contribution in [0, 0.1) is 11.3 Å². The van der Waals surface area contributed by atoms with Crippen molar-refractivity contribution in [3.05, 3.63) is 109 Å². The molecule has 0 fully saturated rings. The van der Waals surface area contributed by atoms with Crippen molar-refractivity contribution in [1.82, 2.24) is 20.8 Å². The number of fused-ring (bicyclic) bond motifs is 1. The van der Waals surface area contributed by atoms with Crippen molar-refractivity contribution >= 4 is 69.1 Å². The molecule has 1 amide bonds. The van der Waals surface area contributed by atoms with Crippen LogP contribution in [0.1, 0.15) is 37.9 Å². The van der Waals surface area contributed by atoms with Crippen LogP contribution in [0.25, 0.3) is 22.4 Å². The van der Waals surface area contributed by atoms with Gasteiger partial charge in [0.05, 0.1) is 55.4 Å². The number of halogens is 4. The number of H-pyrrole nitrogens is 1. The van der Waals surface area contributed by atoms with Gasteiger partial charge < -0.3 is 14.8 Å². The van der Waals surface area contributed by atoms with Crippen LogP contribution in [0.2, 0.25) is 20.1 Å². The van der Waals surface area contributed by atoms with Gasteiger partial charge >= 0.3 is 0 Å². The topological polar surface area (TPSA) is 140 Å². The Kier molecular flexibility index (Phi) is 8.78. The number of hydrogen-bond donors (Lipinski definition) is 4. The van der Waals surface area contributed by atoms with Gasteiger partial charge in [-0.1, -0.05) is 88.9 Å². The summed E-state index contributed by atoms with van der Waals surface area (Å²) >= 11 is 25.8. The van der Waals surface area contributed by atoms with Gasteiger partial charge in [-0.2, -0.15) is 5.26 Å². The highest BCUT2D eigenvalue weighted by Gasteiger charge is 2.29. The van der Waals surface area contributed by atoms with E-state index in [1.807, 2.05) is 12.1 Å². The Morgan fingerprint density at radius 1 is 0.953 bits per heavy atom. The minimum absolute atomic E-state index is 0.0326. The fourth-order valence-electron chi connectivity index (χ4n) is 4.41. The number of ketones is 1. The molecule has 1 atom stereocenters. The normalized spacial score (nSPS) is 11.6. The second kappa shape index (κ2) is 12.5. The predicted octanol–water partition coefficient (Wildman–Crippen LogP) is 7.29. The van der Waals surface area contributed by atoms with Crippen LogP contribution in [-0.2, 0) is 0 Å². The summed E-state index contributed by atoms with van der Waals surface area (Å²) in [7, 11) is 1.37. The average Bonchev–Trinajstić information content (AvgIpc) is 3.45. The molecule has 1 unspecified atom stereocenters. The average molecular weight is 655 g/mol. The zero-order valence-corrected chi connectivity index (χ0v) is 25.0. The summed E-state index contributed by atoms with van der Waals surface area (Å²) < 4.78 is 5.10. The van der Waals surface area contributed by atoms with Crippen LogP contribution >= 0.6 is 46.4 Å². The number of aromatic nitrogens is 2. The molecule has 4 N–H and O–H groups in total. The smallest absolute Gasteiger partial charge is 0.267 e. The van der Waals surface area contributed by atoms with Crippen molar-refractivity contribution in [2.24, 2.45) is 0 Å². The molecule has 0 bridgehead atoms. The van der Waals surface area contributed by atoms with Crippen LogP contribution < -0.4 is 15.6 Å². The van der Waals surface area contributed by atoms with Crippen LogP contribution in [0.3, 0.4) is 0 Å². The number of aromatic hydroxyl groups is 1. The van der Waals surface area contributed by atoms with Crippen molar-refractivity contribution in [1.29, 1.82) is 5.26 Å². The lowest BCUT2D eigenvalue weighted by atomic mass is 10.0. The van der Waals surface area contributed by atoms with E-state index in [1.54, 1.807) is 48.5 Å². The Labute approximate surface area is 264 Å². The minimum atomic E-state index is -1.19. The number of methoxy groups -OCH3 is 1. The van der Waals surface area contributed by atoms with Crippen LogP contribution in [0.4, 0.5) is 0 Å². The number of para-hydroxylation sites is 1. The number of carbonyl (C=O) groups is 2. The van der Waals surface area contributed by atoms with Crippen LogP contribution in [0.15, 0.2) is 66.7 Å². The molecular formula is C30H19Cl4N5O4. The molecule has 0 radical (unpaired) electrons. The number of hydrogen-bond acceptors (Lipinski definition) is 7. The third kappa shape index (κ3) is 5.71. The van der Waals surface area contributed by atoms with E-state index < -0.39 is 11.9 Å². The van der Waals surface area contributed by atoms with Gasteiger partial charge in [-0.25, -0.2) is 10.4 Å². The van der Waals surface area contributed by atoms with Gasteiger partial charge in [0.25, 0.3) is 5.91 Å². The summed E-state index contributed by atoms with van der Waals surface area (Å²) in [4.78, 5) is 34.2. The third-order valence-corrected chi connectivity index (χ3v) is 8.33. The molecule has 1 aromatic heterocycles. The number of phenols is 1. The lowest BCUT2D eigenvalue weighted by molar-refractivity contribution is 0.0929. The van der Waals surface area contributed by atoms with Gasteiger partial charge in [-0.3, -0.25) is 15.0 Å². The number of carbonyl (C=O) groups excluding carboxylic acids is 2. The van der Waals surface area contributed by atoms with Gasteiger partial charge in [0.2, 0.25) is 0 Å². The third-order valence-electron chi connectivity index (χ3n) is 6.53. The first-order valence-electron chi connectivity index (χ1n) is 12.4. The number of nitrogens with one attached hydrogen (secondary N) is 3. The Balaban J connectivity index is 1.52. The molecule has 0 aliphatic rings. The van der Waals surface area contributed by atoms with Gasteiger partial charge in [0.15, 0.2) is 17.3 Å². The zero-order valence-electron chi connectivity index (χ0n) is 22.0. The second-order valence-corrected chi connectivity index (χ2v) is 10.6. The number of rotatable bonds is 8. The molecule has 4 aromatic carbocycles. The van der Waals surface area contributed by atoms with Crippen molar-refractivity contribution in [3.8, 4) is 29.0 Å². The van der Waals surface area contributed by atoms with E-state index in [0.717, 1.165) is 0 Å². The molecule has 1 heterocycles. The molecule has 216 valence electrons. The highest BCUT2D eigenvalue weighted by molar-refractivity contribution is 6.54. The molecule has 5 rings (SSSR count). The Morgan fingerprint density at radius 3 is 2.37 bits per heavy atom. The van der Waals surface area contributed by atoms with E-state index in [9.17, 15) is 20.0 Å². The van der Waals surface area contributed by atoms with Crippen molar-refractivity contribution < 1.29 is 19.4 Å². The summed E-state index contributed by atoms with van der Waals surface area (Å²) in [6, 6.07) is 19.1. The molecule has 0 aliphatic carbocycles. The number of nitrogens with zero attached hydrogens (tertiary/aromatic N) is 2. The monoisotopic (exact) mass is 653 g/mol. The highest BCUT2D eigenvalue weighted by atomic mass is 35.5. The fourth-order valence-corrected chi connectivity index (χ4v) is 5.44. The molecule has 9 nitrogen and oxygen atoms in total. The maximum Gasteiger partial charge on any atom is 0.267 e. The number of aromatic amines is 1. The SMILES string of the molecule is COc1cccc(C(C#N)NNC(=O)c2c(Cl)c(Cl)c(Cl)c(Cl)c2-c2nc3ccc(C(=O)c4ccccc4)cc3[nH]2)c1O. The molecular weight excluding hydrogens is 636 g/mol. The van der Waals surface area contributed by atoms with E-state index in [1.165, 1.54) is 19.2 Å². The summed E-state index contributed by atoms with van der Waals surface area (Å²) in [6.45, 7) is 0. The zero-order chi connectivity index (χ0) is 30.8. The lowest BCUT2D eigenvalue weighted by Gasteiger charge is -2.18. The second-order valence-electron chi connectivity index (χ2n) is 9.08. The van der Waals surface area contributed by atoms with E-state index >= 15 is 0 Å². The molecule has 0 aliphatic heterocycles. The number of imidazole rings is 1. The van der Waals surface area contributed by atoms with Crippen LogP contribution in [0.5, 0.6) is 11.5 Å². The van der Waals surface area contributed by atoms with Crippen molar-refractivity contribution in [2.45, 2.75) is 6.04 Å². The molecule has 0 saturated heterocycles. The summed E-state index contributed by atoms with van der Waals surface area (Å²) in [6.07, 6.45) is 0. The van der Waals surface area contributed by atoms with E-state index in [4.69, 9.17) is 51.1 Å². The molecule has 13 heteroatoms. The van der Waals surface area contributed by atoms with Crippen molar-refractivity contribution in [2.75, 3.05) is 7.11 Å². The number of phenolic OH excluding ortho intramolecular Hbond substituents is 1. The maximum absolute atomic E-state index is 13.5. The first-order valence-corrected chi connectivity index (χ1v) is 13.9.